The number of carbonyl (C=O) groups is 4. The average Bonchev–Trinajstić information content (AvgIpc) is 3.28. The molecule has 4 rings (SSSR count). The molecule has 2 N–H and O–H groups in total. The van der Waals surface area contributed by atoms with Gasteiger partial charge < -0.3 is 15.2 Å². The molecule has 184 valence electrons. The van der Waals surface area contributed by atoms with Gasteiger partial charge in [-0.3, -0.25) is 19.3 Å². The highest BCUT2D eigenvalue weighted by molar-refractivity contribution is 8.01. The summed E-state index contributed by atoms with van der Waals surface area (Å²) in [4.78, 5) is 50.9. The number of rotatable bonds is 9. The molecule has 3 atom stereocenters. The number of β-lactam (4-membered cyclic amide) rings is 1. The standard InChI is InChI=1S/C20H19ClN6O6S2/c1-26-20(23-24-25-26)35-9-11-8-34-18-13(17(30)27(18)14(11)19(31)32)22-16(29)15(33-12(28)7-21)10-5-3-2-4-6-10/h2-6,13,15,18H,7-9H2,1H3,(H,22,29)(H,31,32)/t13?,15?,18-/m0/s1. The molecule has 0 saturated carbocycles. The summed E-state index contributed by atoms with van der Waals surface area (Å²) in [7, 11) is 1.67. The Morgan fingerprint density at radius 1 is 1.34 bits per heavy atom. The van der Waals surface area contributed by atoms with Gasteiger partial charge in [0.2, 0.25) is 11.3 Å². The van der Waals surface area contributed by atoms with Gasteiger partial charge >= 0.3 is 11.9 Å². The van der Waals surface area contributed by atoms with Crippen molar-refractivity contribution in [1.82, 2.24) is 30.4 Å². The molecule has 0 bridgehead atoms. The van der Waals surface area contributed by atoms with Gasteiger partial charge in [-0.2, -0.15) is 0 Å². The van der Waals surface area contributed by atoms with Crippen LogP contribution >= 0.6 is 35.1 Å². The molecule has 3 heterocycles. The second-order valence-corrected chi connectivity index (χ2v) is 9.76. The first kappa shape index (κ1) is 25.0. The van der Waals surface area contributed by atoms with Crippen molar-refractivity contribution in [1.29, 1.82) is 0 Å². The van der Waals surface area contributed by atoms with Crippen LogP contribution in [-0.4, -0.2) is 82.8 Å². The van der Waals surface area contributed by atoms with E-state index in [9.17, 15) is 24.3 Å². The van der Waals surface area contributed by atoms with Gasteiger partial charge in [0, 0.05) is 24.1 Å². The molecule has 1 aromatic heterocycles. The third-order valence-electron chi connectivity index (χ3n) is 5.20. The Morgan fingerprint density at radius 3 is 2.71 bits per heavy atom. The lowest BCUT2D eigenvalue weighted by molar-refractivity contribution is -0.157. The molecule has 0 radical (unpaired) electrons. The number of amides is 2. The van der Waals surface area contributed by atoms with Crippen molar-refractivity contribution in [3.63, 3.8) is 0 Å². The zero-order valence-corrected chi connectivity index (χ0v) is 20.5. The first-order valence-corrected chi connectivity index (χ1v) is 12.7. The normalized spacial score (nSPS) is 20.1. The van der Waals surface area contributed by atoms with Crippen LogP contribution in [0.5, 0.6) is 0 Å². The Kier molecular flexibility index (Phi) is 7.62. The zero-order chi connectivity index (χ0) is 25.1. The summed E-state index contributed by atoms with van der Waals surface area (Å²) in [5.74, 6) is -3.12. The fourth-order valence-electron chi connectivity index (χ4n) is 3.58. The Morgan fingerprint density at radius 2 is 2.09 bits per heavy atom. The Labute approximate surface area is 212 Å². The van der Waals surface area contributed by atoms with Crippen molar-refractivity contribution >= 4 is 58.9 Å². The molecule has 2 amide bonds. The monoisotopic (exact) mass is 538 g/mol. The van der Waals surface area contributed by atoms with E-state index in [1.807, 2.05) is 0 Å². The van der Waals surface area contributed by atoms with Crippen molar-refractivity contribution < 1.29 is 29.0 Å². The predicted octanol–water partition coefficient (Wildman–Crippen LogP) is 0.564. The number of aromatic nitrogens is 4. The maximum Gasteiger partial charge on any atom is 0.352 e. The van der Waals surface area contributed by atoms with Crippen molar-refractivity contribution in [2.45, 2.75) is 22.7 Å². The lowest BCUT2D eigenvalue weighted by atomic mass is 10.0. The molecule has 2 aliphatic heterocycles. The number of nitrogens with one attached hydrogen (secondary N) is 1. The minimum Gasteiger partial charge on any atom is -0.477 e. The van der Waals surface area contributed by atoms with Crippen LogP contribution in [0.4, 0.5) is 0 Å². The highest BCUT2D eigenvalue weighted by Crippen LogP contribution is 2.41. The molecule has 35 heavy (non-hydrogen) atoms. The largest absolute Gasteiger partial charge is 0.477 e. The summed E-state index contributed by atoms with van der Waals surface area (Å²) in [6.07, 6.45) is -1.31. The quantitative estimate of drug-likeness (QED) is 0.199. The molecule has 1 aromatic carbocycles. The summed E-state index contributed by atoms with van der Waals surface area (Å²) in [6, 6.07) is 7.34. The number of esters is 1. The fourth-order valence-corrected chi connectivity index (χ4v) is 5.98. The van der Waals surface area contributed by atoms with E-state index in [2.05, 4.69) is 20.8 Å². The minimum atomic E-state index is -1.31. The SMILES string of the molecule is Cn1nnnc1SCC1=C(C(=O)O)N2C(=O)C(NC(=O)C(OC(=O)CCl)c3ccccc3)[C@@H]2SC1. The molecule has 2 aliphatic rings. The second-order valence-electron chi connectivity index (χ2n) is 7.44. The predicted molar refractivity (Wildman–Crippen MR) is 125 cm³/mol. The number of hydrogen-bond acceptors (Lipinski definition) is 10. The number of ether oxygens (including phenoxy) is 1. The summed E-state index contributed by atoms with van der Waals surface area (Å²) in [5.41, 5.74) is 0.843. The number of thioether (sulfide) groups is 2. The van der Waals surface area contributed by atoms with Crippen LogP contribution in [0, 0.1) is 0 Å². The van der Waals surface area contributed by atoms with E-state index in [4.69, 9.17) is 16.3 Å². The molecular formula is C20H19ClN6O6S2. The number of halogens is 1. The first-order valence-electron chi connectivity index (χ1n) is 10.2. The smallest absolute Gasteiger partial charge is 0.352 e. The lowest BCUT2D eigenvalue weighted by Crippen LogP contribution is -2.71. The van der Waals surface area contributed by atoms with E-state index < -0.39 is 47.2 Å². The van der Waals surface area contributed by atoms with Gasteiger partial charge in [0.15, 0.2) is 0 Å². The van der Waals surface area contributed by atoms with E-state index in [1.54, 1.807) is 37.4 Å². The van der Waals surface area contributed by atoms with Gasteiger partial charge in [-0.1, -0.05) is 42.1 Å². The van der Waals surface area contributed by atoms with Gasteiger partial charge in [0.05, 0.1) is 0 Å². The van der Waals surface area contributed by atoms with Gasteiger partial charge in [-0.15, -0.1) is 28.5 Å². The maximum absolute atomic E-state index is 13.0. The van der Waals surface area contributed by atoms with Crippen LogP contribution in [-0.2, 0) is 31.0 Å². The number of nitrogens with zero attached hydrogens (tertiary/aromatic N) is 5. The Balaban J connectivity index is 1.49. The Hall–Kier alpha value is -3.10. The number of aliphatic carboxylic acids is 1. The van der Waals surface area contributed by atoms with E-state index in [0.717, 1.165) is 0 Å². The molecule has 12 nitrogen and oxygen atoms in total. The summed E-state index contributed by atoms with van der Waals surface area (Å²) >= 11 is 8.12. The van der Waals surface area contributed by atoms with Crippen LogP contribution in [0.25, 0.3) is 0 Å². The molecule has 0 aliphatic carbocycles. The van der Waals surface area contributed by atoms with Gasteiger partial charge in [-0.05, 0) is 16.0 Å². The van der Waals surface area contributed by atoms with E-state index in [0.29, 0.717) is 22.0 Å². The number of benzene rings is 1. The molecule has 0 spiro atoms. The van der Waals surface area contributed by atoms with E-state index >= 15 is 0 Å². The van der Waals surface area contributed by atoms with Crippen molar-refractivity contribution in [2.75, 3.05) is 17.4 Å². The van der Waals surface area contributed by atoms with Crippen molar-refractivity contribution in [2.24, 2.45) is 7.05 Å². The third kappa shape index (κ3) is 5.13. The number of fused-ring (bicyclic) bond motifs is 1. The summed E-state index contributed by atoms with van der Waals surface area (Å²) in [5, 5.41) is 23.5. The van der Waals surface area contributed by atoms with Gasteiger partial charge in [0.1, 0.15) is 23.0 Å². The molecule has 2 aromatic rings. The van der Waals surface area contributed by atoms with Crippen molar-refractivity contribution in [3.05, 3.63) is 47.2 Å². The number of hydrogen-bond donors (Lipinski definition) is 2. The third-order valence-corrected chi connectivity index (χ3v) is 7.86. The van der Waals surface area contributed by atoms with E-state index in [-0.39, 0.29) is 11.4 Å². The average molecular weight is 539 g/mol. The van der Waals surface area contributed by atoms with Crippen LogP contribution in [0.2, 0.25) is 0 Å². The van der Waals surface area contributed by atoms with Crippen LogP contribution < -0.4 is 5.32 Å². The highest BCUT2D eigenvalue weighted by Gasteiger charge is 2.54. The molecule has 1 saturated heterocycles. The molecule has 2 unspecified atom stereocenters. The number of alkyl halides is 1. The topological polar surface area (TPSA) is 157 Å². The zero-order valence-electron chi connectivity index (χ0n) is 18.2. The molecule has 15 heteroatoms. The summed E-state index contributed by atoms with van der Waals surface area (Å²) < 4.78 is 6.67. The molecular weight excluding hydrogens is 520 g/mol. The number of carboxylic acids is 1. The van der Waals surface area contributed by atoms with Crippen molar-refractivity contribution in [3.8, 4) is 0 Å². The first-order chi connectivity index (χ1) is 16.8. The number of carbonyl (C=O) groups excluding carboxylic acids is 3. The highest BCUT2D eigenvalue weighted by atomic mass is 35.5. The maximum atomic E-state index is 13.0. The van der Waals surface area contributed by atoms with E-state index in [1.165, 1.54) is 33.1 Å². The Bertz CT molecular complexity index is 1190. The lowest BCUT2D eigenvalue weighted by Gasteiger charge is -2.49. The second kappa shape index (κ2) is 10.7. The number of tetrazole rings is 1. The van der Waals surface area contributed by atoms with Crippen LogP contribution in [0.3, 0.4) is 0 Å². The van der Waals surface area contributed by atoms with Crippen LogP contribution in [0.15, 0.2) is 46.8 Å². The summed E-state index contributed by atoms with van der Waals surface area (Å²) in [6.45, 7) is 0. The van der Waals surface area contributed by atoms with Crippen LogP contribution in [0.1, 0.15) is 11.7 Å². The number of carboxylic acid groups (broad SMARTS) is 1. The molecule has 1 fully saturated rings. The number of aryl methyl sites for hydroxylation is 1. The van der Waals surface area contributed by atoms with Gasteiger partial charge in [-0.25, -0.2) is 9.48 Å². The fraction of sp³-hybridized carbons (Fsp3) is 0.350. The van der Waals surface area contributed by atoms with Gasteiger partial charge in [0.25, 0.3) is 11.8 Å². The minimum absolute atomic E-state index is 0.111.